The molecule has 0 bridgehead atoms. The molecule has 0 fully saturated rings. The zero-order valence-electron chi connectivity index (χ0n) is 9.45. The summed E-state index contributed by atoms with van der Waals surface area (Å²) in [5.74, 6) is -0.430. The molecule has 1 aromatic carbocycles. The van der Waals surface area contributed by atoms with Crippen LogP contribution in [0, 0.1) is 0 Å². The average Bonchev–Trinajstić information content (AvgIpc) is 2.29. The molecule has 0 radical (unpaired) electrons. The summed E-state index contributed by atoms with van der Waals surface area (Å²) in [7, 11) is 2.96. The van der Waals surface area contributed by atoms with E-state index in [1.165, 1.54) is 7.11 Å². The van der Waals surface area contributed by atoms with Crippen LogP contribution in [-0.2, 0) is 9.47 Å². The summed E-state index contributed by atoms with van der Waals surface area (Å²) in [5, 5.41) is 3.11. The maximum absolute atomic E-state index is 11.3. The van der Waals surface area contributed by atoms with Crippen molar-refractivity contribution in [2.24, 2.45) is 0 Å². The van der Waals surface area contributed by atoms with Crippen LogP contribution in [0.2, 0.25) is 0 Å². The van der Waals surface area contributed by atoms with Gasteiger partial charge >= 0.3 is 5.97 Å². The summed E-state index contributed by atoms with van der Waals surface area (Å²) in [4.78, 5) is 11.3. The largest absolute Gasteiger partial charge is 0.465 e. The fourth-order valence-corrected chi connectivity index (χ4v) is 1.27. The predicted molar refractivity (Wildman–Crippen MR) is 62.6 cm³/mol. The molecule has 0 aliphatic rings. The van der Waals surface area contributed by atoms with Gasteiger partial charge in [0.2, 0.25) is 0 Å². The molecular weight excluding hydrogens is 208 g/mol. The molecule has 0 heterocycles. The first kappa shape index (κ1) is 12.3. The third-order valence-electron chi connectivity index (χ3n) is 2.09. The fraction of sp³-hybridized carbons (Fsp3) is 0.364. The molecule has 0 saturated heterocycles. The molecule has 5 heteroatoms. The Bertz CT molecular complexity index is 366. The Kier molecular flexibility index (Phi) is 4.60. The van der Waals surface area contributed by atoms with Crippen LogP contribution < -0.4 is 11.1 Å². The van der Waals surface area contributed by atoms with Crippen molar-refractivity contribution in [3.8, 4) is 0 Å². The van der Waals surface area contributed by atoms with E-state index in [1.807, 2.05) is 0 Å². The number of nitrogens with one attached hydrogen (secondary N) is 1. The number of hydrogen-bond donors (Lipinski definition) is 2. The molecule has 0 unspecified atom stereocenters. The zero-order valence-corrected chi connectivity index (χ0v) is 9.45. The predicted octanol–water partition coefficient (Wildman–Crippen LogP) is 1.11. The monoisotopic (exact) mass is 224 g/mol. The van der Waals surface area contributed by atoms with Crippen molar-refractivity contribution < 1.29 is 14.3 Å². The van der Waals surface area contributed by atoms with Crippen LogP contribution in [-0.4, -0.2) is 33.3 Å². The molecule has 0 aromatic heterocycles. The van der Waals surface area contributed by atoms with E-state index in [0.717, 1.165) is 5.69 Å². The number of anilines is 2. The highest BCUT2D eigenvalue weighted by molar-refractivity contribution is 5.95. The van der Waals surface area contributed by atoms with E-state index >= 15 is 0 Å². The van der Waals surface area contributed by atoms with Crippen LogP contribution in [0.15, 0.2) is 18.2 Å². The number of nitrogens with two attached hydrogens (primary N) is 1. The van der Waals surface area contributed by atoms with Crippen molar-refractivity contribution >= 4 is 17.3 Å². The van der Waals surface area contributed by atoms with Gasteiger partial charge in [0.15, 0.2) is 0 Å². The SMILES string of the molecule is COCCNc1ccc(C(=O)OC)c(N)c1. The van der Waals surface area contributed by atoms with Gasteiger partial charge in [0.1, 0.15) is 0 Å². The van der Waals surface area contributed by atoms with Crippen LogP contribution in [0.1, 0.15) is 10.4 Å². The molecule has 16 heavy (non-hydrogen) atoms. The molecule has 3 N–H and O–H groups in total. The molecule has 1 rings (SSSR count). The Morgan fingerprint density at radius 3 is 2.75 bits per heavy atom. The van der Waals surface area contributed by atoms with Crippen molar-refractivity contribution in [3.63, 3.8) is 0 Å². The molecule has 0 aliphatic carbocycles. The van der Waals surface area contributed by atoms with E-state index in [-0.39, 0.29) is 0 Å². The summed E-state index contributed by atoms with van der Waals surface area (Å²) in [5.41, 5.74) is 7.35. The lowest BCUT2D eigenvalue weighted by molar-refractivity contribution is 0.0602. The van der Waals surface area contributed by atoms with Gasteiger partial charge in [0.05, 0.1) is 19.3 Å². The van der Waals surface area contributed by atoms with Crippen LogP contribution >= 0.6 is 0 Å². The standard InChI is InChI=1S/C11H16N2O3/c1-15-6-5-13-8-3-4-9(10(12)7-8)11(14)16-2/h3-4,7,13H,5-6,12H2,1-2H3. The van der Waals surface area contributed by atoms with Gasteiger partial charge in [-0.2, -0.15) is 0 Å². The van der Waals surface area contributed by atoms with Gasteiger partial charge < -0.3 is 20.5 Å². The van der Waals surface area contributed by atoms with E-state index in [0.29, 0.717) is 24.4 Å². The van der Waals surface area contributed by atoms with E-state index in [9.17, 15) is 4.79 Å². The second-order valence-corrected chi connectivity index (χ2v) is 3.21. The fourth-order valence-electron chi connectivity index (χ4n) is 1.27. The lowest BCUT2D eigenvalue weighted by Gasteiger charge is -2.08. The maximum atomic E-state index is 11.3. The molecule has 5 nitrogen and oxygen atoms in total. The van der Waals surface area contributed by atoms with Crippen molar-refractivity contribution in [1.82, 2.24) is 0 Å². The Balaban J connectivity index is 2.71. The molecule has 0 atom stereocenters. The zero-order chi connectivity index (χ0) is 12.0. The summed E-state index contributed by atoms with van der Waals surface area (Å²) >= 11 is 0. The first-order valence-corrected chi connectivity index (χ1v) is 4.89. The molecule has 0 saturated carbocycles. The number of carbonyl (C=O) groups is 1. The first-order chi connectivity index (χ1) is 7.69. The Labute approximate surface area is 94.5 Å². The van der Waals surface area contributed by atoms with Gasteiger partial charge in [-0.25, -0.2) is 4.79 Å². The van der Waals surface area contributed by atoms with Crippen molar-refractivity contribution in [2.75, 3.05) is 38.4 Å². The second kappa shape index (κ2) is 5.97. The van der Waals surface area contributed by atoms with E-state index in [2.05, 4.69) is 10.1 Å². The average molecular weight is 224 g/mol. The van der Waals surface area contributed by atoms with Crippen LogP contribution in [0.4, 0.5) is 11.4 Å². The van der Waals surface area contributed by atoms with Gasteiger partial charge in [-0.15, -0.1) is 0 Å². The number of nitrogen functional groups attached to an aromatic ring is 1. The third kappa shape index (κ3) is 3.13. The highest BCUT2D eigenvalue weighted by Gasteiger charge is 2.09. The minimum atomic E-state index is -0.430. The number of benzene rings is 1. The maximum Gasteiger partial charge on any atom is 0.339 e. The molecule has 88 valence electrons. The van der Waals surface area contributed by atoms with E-state index in [4.69, 9.17) is 10.5 Å². The van der Waals surface area contributed by atoms with Crippen LogP contribution in [0.5, 0.6) is 0 Å². The molecular formula is C11H16N2O3. The topological polar surface area (TPSA) is 73.6 Å². The number of ether oxygens (including phenoxy) is 2. The van der Waals surface area contributed by atoms with Gasteiger partial charge in [0, 0.05) is 25.0 Å². The number of methoxy groups -OCH3 is 2. The van der Waals surface area contributed by atoms with Gasteiger partial charge in [-0.1, -0.05) is 0 Å². The summed E-state index contributed by atoms with van der Waals surface area (Å²) in [6, 6.07) is 5.11. The number of hydrogen-bond acceptors (Lipinski definition) is 5. The minimum absolute atomic E-state index is 0.375. The van der Waals surface area contributed by atoms with Crippen LogP contribution in [0.3, 0.4) is 0 Å². The smallest absolute Gasteiger partial charge is 0.339 e. The van der Waals surface area contributed by atoms with Gasteiger partial charge in [-0.05, 0) is 18.2 Å². The Morgan fingerprint density at radius 2 is 2.19 bits per heavy atom. The highest BCUT2D eigenvalue weighted by atomic mass is 16.5. The number of carbonyl (C=O) groups excluding carboxylic acids is 1. The Morgan fingerprint density at radius 1 is 1.44 bits per heavy atom. The van der Waals surface area contributed by atoms with Crippen LogP contribution in [0.25, 0.3) is 0 Å². The second-order valence-electron chi connectivity index (χ2n) is 3.21. The van der Waals surface area contributed by atoms with Gasteiger partial charge in [-0.3, -0.25) is 0 Å². The molecule has 0 aliphatic heterocycles. The summed E-state index contributed by atoms with van der Waals surface area (Å²) in [6.45, 7) is 1.30. The van der Waals surface area contributed by atoms with Gasteiger partial charge in [0.25, 0.3) is 0 Å². The number of rotatable bonds is 5. The lowest BCUT2D eigenvalue weighted by atomic mass is 10.1. The summed E-state index contributed by atoms with van der Waals surface area (Å²) < 4.78 is 9.50. The Hall–Kier alpha value is -1.75. The lowest BCUT2D eigenvalue weighted by Crippen LogP contribution is -2.09. The van der Waals surface area contributed by atoms with E-state index < -0.39 is 5.97 Å². The van der Waals surface area contributed by atoms with Crippen molar-refractivity contribution in [2.45, 2.75) is 0 Å². The quantitative estimate of drug-likeness (QED) is 0.445. The molecule has 0 amide bonds. The first-order valence-electron chi connectivity index (χ1n) is 4.89. The normalized spacial score (nSPS) is 9.88. The molecule has 0 spiro atoms. The highest BCUT2D eigenvalue weighted by Crippen LogP contribution is 2.18. The molecule has 1 aromatic rings. The third-order valence-corrected chi connectivity index (χ3v) is 2.09. The van der Waals surface area contributed by atoms with Crippen molar-refractivity contribution in [1.29, 1.82) is 0 Å². The van der Waals surface area contributed by atoms with E-state index in [1.54, 1.807) is 25.3 Å². The number of esters is 1. The van der Waals surface area contributed by atoms with Crippen molar-refractivity contribution in [3.05, 3.63) is 23.8 Å². The summed E-state index contributed by atoms with van der Waals surface area (Å²) in [6.07, 6.45) is 0. The minimum Gasteiger partial charge on any atom is -0.465 e.